The fraction of sp³-hybridized carbons (Fsp3) is 0.500. The minimum absolute atomic E-state index is 0. The van der Waals surface area contributed by atoms with Crippen molar-refractivity contribution in [1.29, 1.82) is 0 Å². The summed E-state index contributed by atoms with van der Waals surface area (Å²) in [5.41, 5.74) is 5.71. The number of imidazole rings is 1. The van der Waals surface area contributed by atoms with Crippen molar-refractivity contribution in [2.24, 2.45) is 0 Å². The van der Waals surface area contributed by atoms with Crippen molar-refractivity contribution >= 4 is 102 Å². The van der Waals surface area contributed by atoms with Crippen LogP contribution in [0.1, 0.15) is 6.23 Å². The van der Waals surface area contributed by atoms with Gasteiger partial charge < -0.3 is 64.3 Å². The van der Waals surface area contributed by atoms with Crippen LogP contribution in [0.4, 0.5) is 10.2 Å². The van der Waals surface area contributed by atoms with Gasteiger partial charge in [0, 0.05) is 0 Å². The predicted molar refractivity (Wildman–Crippen MR) is 95.2 cm³/mol. The molecule has 1 saturated heterocycles. The van der Waals surface area contributed by atoms with Gasteiger partial charge in [-0.1, -0.05) is 0 Å². The first-order valence-electron chi connectivity index (χ1n) is 7.27. The molecular weight excluding hydrogens is 536 g/mol. The average molecular weight is 548 g/mol. The molecule has 0 spiro atoms. The van der Waals surface area contributed by atoms with Crippen LogP contribution in [-0.4, -0.2) is 129 Å². The quantitative estimate of drug-likeness (QED) is 0.154. The fourth-order valence-corrected chi connectivity index (χ4v) is 2.21. The van der Waals surface area contributed by atoms with Crippen LogP contribution in [0.3, 0.4) is 0 Å². The second kappa shape index (κ2) is 15.7. The number of hydrogen-bond donors (Lipinski definition) is 4. The summed E-state index contributed by atoms with van der Waals surface area (Å²) in [6, 6.07) is 0. The molecule has 2 aromatic heterocycles. The number of halogens is 1. The Hall–Kier alpha value is 0.639. The first-order chi connectivity index (χ1) is 13.5. The Balaban J connectivity index is -0.000000593. The zero-order valence-corrected chi connectivity index (χ0v) is 22.4. The Labute approximate surface area is 232 Å². The Bertz CT molecular complexity index is 927. The summed E-state index contributed by atoms with van der Waals surface area (Å²) in [6.45, 7) is -0.465. The number of fused-ring (bicyclic) bond motifs is 1. The molecule has 0 amide bonds. The van der Waals surface area contributed by atoms with E-state index in [1.165, 1.54) is 10.9 Å². The Kier molecular flexibility index (Phi) is 18.1. The van der Waals surface area contributed by atoms with Crippen LogP contribution in [0.25, 0.3) is 11.2 Å². The van der Waals surface area contributed by atoms with Gasteiger partial charge in [0.05, 0.1) is 12.9 Å². The van der Waals surface area contributed by atoms with E-state index in [-0.39, 0.29) is 86.1 Å². The van der Waals surface area contributed by atoms with E-state index < -0.39 is 52.9 Å². The van der Waals surface area contributed by atoms with Crippen molar-refractivity contribution in [2.75, 3.05) is 12.3 Å². The van der Waals surface area contributed by atoms with E-state index in [9.17, 15) is 14.6 Å². The average Bonchev–Trinajstić information content (AvgIpc) is 3.06. The summed E-state index contributed by atoms with van der Waals surface area (Å²) >= 11 is 0. The van der Waals surface area contributed by atoms with Crippen LogP contribution in [-0.2, 0) is 13.9 Å². The number of ether oxygens (including phenoxy) is 1. The summed E-state index contributed by atoms with van der Waals surface area (Å²) in [4.78, 5) is 62.1. The van der Waals surface area contributed by atoms with Crippen molar-refractivity contribution < 1.29 is 62.9 Å². The molecule has 0 bridgehead atoms. The number of aromatic nitrogens is 4. The molecule has 1 aliphatic heterocycles. The molecule has 0 radical (unpaired) electrons. The van der Waals surface area contributed by atoms with Crippen LogP contribution in [0.5, 0.6) is 0 Å². The summed E-state index contributed by atoms with van der Waals surface area (Å²) in [5.74, 6) is -0.141. The number of phosphoric acid groups is 2. The smallest absolute Gasteiger partial charge is 0.822 e. The number of aliphatic hydroxyl groups excluding tert-OH is 3. The summed E-state index contributed by atoms with van der Waals surface area (Å²) < 4.78 is 36.9. The molecule has 3 heterocycles. The molecule has 5 N–H and O–H groups in total. The van der Waals surface area contributed by atoms with Crippen LogP contribution in [0.15, 0.2) is 6.33 Å². The molecular formula is C10H12FMg3N5O12P2. The molecule has 1 fully saturated rings. The number of hydrogen-bond acceptors (Lipinski definition) is 16. The molecule has 172 valence electrons. The van der Waals surface area contributed by atoms with Crippen LogP contribution in [0, 0.1) is 6.08 Å². The van der Waals surface area contributed by atoms with Crippen molar-refractivity contribution in [2.45, 2.75) is 24.5 Å². The molecule has 2 aromatic rings. The monoisotopic (exact) mass is 547 g/mol. The Morgan fingerprint density at radius 2 is 1.48 bits per heavy atom. The first kappa shape index (κ1) is 38.2. The number of anilines is 1. The minimum atomic E-state index is -5.39. The third kappa shape index (κ3) is 13.5. The Morgan fingerprint density at radius 3 is 1.88 bits per heavy atom. The van der Waals surface area contributed by atoms with Gasteiger partial charge in [0.25, 0.3) is 0 Å². The molecule has 33 heavy (non-hydrogen) atoms. The maximum absolute atomic E-state index is 13.2. The van der Waals surface area contributed by atoms with E-state index in [1.54, 1.807) is 0 Å². The van der Waals surface area contributed by atoms with Crippen molar-refractivity contribution in [1.82, 2.24) is 19.5 Å². The van der Waals surface area contributed by atoms with Gasteiger partial charge in [-0.25, -0.2) is 4.98 Å². The van der Waals surface area contributed by atoms with Crippen molar-refractivity contribution in [3.05, 3.63) is 12.4 Å². The molecule has 3 rings (SSSR count). The predicted octanol–water partition coefficient (Wildman–Crippen LogP) is -8.63. The number of rotatable bonds is 2. The normalized spacial score (nSPS) is 21.9. The van der Waals surface area contributed by atoms with E-state index in [2.05, 4.69) is 15.0 Å². The van der Waals surface area contributed by atoms with Crippen LogP contribution >= 0.6 is 15.6 Å². The third-order valence-electron chi connectivity index (χ3n) is 3.21. The standard InChI is InChI=1S/C10H12FN5O4.3Mg.2H3O4P/c11-10-14-7(12)4-8(15-10)16(2-13-4)9-6(19)5(18)3(1-17)20-9;;;;2*1-5(2,3)4/h2-3,5-6,9,17-19H,1H2,(H2,12,14,15);;;;2*(H3,1,2,3,4)/q;3*+2;;/p-6/t3-,5-,6+,9-;;;;;/m1...../s1. The van der Waals surface area contributed by atoms with Gasteiger partial charge >= 0.3 is 75.2 Å². The molecule has 0 aromatic carbocycles. The zero-order chi connectivity index (χ0) is 23.4. The summed E-state index contributed by atoms with van der Waals surface area (Å²) in [6.07, 6.45) is -4.38. The van der Waals surface area contributed by atoms with Gasteiger partial charge in [0.1, 0.15) is 18.3 Å². The van der Waals surface area contributed by atoms with E-state index in [4.69, 9.17) is 54.1 Å². The van der Waals surface area contributed by atoms with Gasteiger partial charge in [-0.2, -0.15) is 30.0 Å². The van der Waals surface area contributed by atoms with Gasteiger partial charge in [-0.15, -0.1) is 0 Å². The fourth-order valence-electron chi connectivity index (χ4n) is 2.21. The van der Waals surface area contributed by atoms with Crippen LogP contribution in [0.2, 0.25) is 0 Å². The zero-order valence-electron chi connectivity index (χ0n) is 16.4. The second-order valence-corrected chi connectivity index (χ2v) is 7.11. The summed E-state index contributed by atoms with van der Waals surface area (Å²) in [5, 5.41) is 28.7. The first-order valence-corrected chi connectivity index (χ1v) is 10.2. The molecule has 1 aliphatic rings. The number of nitrogen functional groups attached to an aromatic ring is 1. The van der Waals surface area contributed by atoms with Crippen molar-refractivity contribution in [3.63, 3.8) is 0 Å². The number of nitrogens with two attached hydrogens (primary N) is 1. The van der Waals surface area contributed by atoms with Gasteiger partial charge in [-0.05, 0) is 0 Å². The van der Waals surface area contributed by atoms with Crippen molar-refractivity contribution in [3.8, 4) is 0 Å². The molecule has 17 nitrogen and oxygen atoms in total. The van der Waals surface area contributed by atoms with E-state index in [0.29, 0.717) is 0 Å². The Morgan fingerprint density at radius 1 is 1.03 bits per heavy atom. The van der Waals surface area contributed by atoms with Gasteiger partial charge in [0.15, 0.2) is 23.2 Å². The molecule has 23 heteroatoms. The largest absolute Gasteiger partial charge is 2.00 e. The molecule has 4 atom stereocenters. The van der Waals surface area contributed by atoms with Crippen LogP contribution < -0.4 is 35.1 Å². The molecule has 0 unspecified atom stereocenters. The SMILES string of the molecule is Nc1nc(F)nc2c1ncn2[C@@H]1O[C@H](CO)[C@@H](O)[C@@H]1O.O=P([O-])([O-])[O-].O=P([O-])([O-])[O-].[Mg+2].[Mg+2].[Mg+2]. The minimum Gasteiger partial charge on any atom is -0.822 e. The van der Waals surface area contributed by atoms with Gasteiger partial charge in [-0.3, -0.25) is 4.57 Å². The van der Waals surface area contributed by atoms with Gasteiger partial charge in [0.2, 0.25) is 0 Å². The van der Waals surface area contributed by atoms with E-state index in [0.717, 1.165) is 0 Å². The van der Waals surface area contributed by atoms with E-state index >= 15 is 0 Å². The summed E-state index contributed by atoms with van der Waals surface area (Å²) in [7, 11) is -10.8. The third-order valence-corrected chi connectivity index (χ3v) is 3.21. The molecule has 0 aliphatic carbocycles. The maximum Gasteiger partial charge on any atom is 2.00 e. The maximum atomic E-state index is 13.2. The topological polar surface area (TPSA) is 312 Å². The molecule has 0 saturated carbocycles. The van der Waals surface area contributed by atoms with E-state index in [1.807, 2.05) is 0 Å². The second-order valence-electron chi connectivity index (χ2n) is 5.33. The number of aliphatic hydroxyl groups is 3. The number of nitrogens with zero attached hydrogens (tertiary/aromatic N) is 4.